The van der Waals surface area contributed by atoms with Gasteiger partial charge in [0.05, 0.1) is 18.2 Å². The number of anilines is 1. The number of hydrogen-bond acceptors (Lipinski definition) is 4. The van der Waals surface area contributed by atoms with Crippen LogP contribution in [0, 0.1) is 0 Å². The fraction of sp³-hybridized carbons (Fsp3) is 0.462. The number of hydrogen-bond donors (Lipinski definition) is 1. The van der Waals surface area contributed by atoms with Crippen LogP contribution in [0.15, 0.2) is 33.7 Å². The molecular weight excluding hydrogens is 294 g/mol. The van der Waals surface area contributed by atoms with Gasteiger partial charge in [0, 0.05) is 17.3 Å². The Morgan fingerprint density at radius 1 is 1.50 bits per heavy atom. The molecule has 5 heteroatoms. The number of aliphatic imine (C=N–C) groups is 1. The van der Waals surface area contributed by atoms with Gasteiger partial charge in [-0.1, -0.05) is 22.0 Å². The van der Waals surface area contributed by atoms with Crippen molar-refractivity contribution in [3.8, 4) is 0 Å². The lowest BCUT2D eigenvalue weighted by molar-refractivity contribution is -0.00653. The zero-order valence-corrected chi connectivity index (χ0v) is 11.9. The predicted octanol–water partition coefficient (Wildman–Crippen LogP) is 2.13. The molecule has 96 valence electrons. The first-order valence-electron chi connectivity index (χ1n) is 6.03. The summed E-state index contributed by atoms with van der Waals surface area (Å²) in [6.45, 7) is 0.769. The average molecular weight is 310 g/mol. The van der Waals surface area contributed by atoms with E-state index in [1.807, 2.05) is 12.1 Å². The highest BCUT2D eigenvalue weighted by Crippen LogP contribution is 2.44. The number of nitrogens with zero attached hydrogens (tertiary/aromatic N) is 2. The van der Waals surface area contributed by atoms with Crippen LogP contribution >= 0.6 is 15.9 Å². The number of benzene rings is 1. The molecule has 0 radical (unpaired) electrons. The molecule has 1 heterocycles. The first-order valence-corrected chi connectivity index (χ1v) is 6.82. The van der Waals surface area contributed by atoms with Crippen molar-refractivity contribution in [1.29, 1.82) is 0 Å². The van der Waals surface area contributed by atoms with E-state index in [1.54, 1.807) is 7.11 Å². The van der Waals surface area contributed by atoms with E-state index in [9.17, 15) is 0 Å². The van der Waals surface area contributed by atoms with Gasteiger partial charge in [0.15, 0.2) is 5.96 Å². The Labute approximate surface area is 115 Å². The summed E-state index contributed by atoms with van der Waals surface area (Å²) in [4.78, 5) is 6.58. The van der Waals surface area contributed by atoms with E-state index in [1.165, 1.54) is 0 Å². The van der Waals surface area contributed by atoms with Gasteiger partial charge in [0.1, 0.15) is 0 Å². The third-order valence-corrected chi connectivity index (χ3v) is 4.35. The molecule has 3 rings (SSSR count). The molecule has 1 spiro atoms. The van der Waals surface area contributed by atoms with Crippen molar-refractivity contribution in [3.63, 3.8) is 0 Å². The Morgan fingerprint density at radius 2 is 2.28 bits per heavy atom. The maximum Gasteiger partial charge on any atom is 0.196 e. The minimum Gasteiger partial charge on any atom is -0.381 e. The molecule has 4 nitrogen and oxygen atoms in total. The van der Waals surface area contributed by atoms with Gasteiger partial charge < -0.3 is 15.4 Å². The summed E-state index contributed by atoms with van der Waals surface area (Å²) >= 11 is 3.50. The highest BCUT2D eigenvalue weighted by Gasteiger charge is 2.53. The van der Waals surface area contributed by atoms with E-state index in [0.29, 0.717) is 12.1 Å². The van der Waals surface area contributed by atoms with Gasteiger partial charge in [-0.15, -0.1) is 0 Å². The topological polar surface area (TPSA) is 50.9 Å². The summed E-state index contributed by atoms with van der Waals surface area (Å²) < 4.78 is 6.44. The van der Waals surface area contributed by atoms with Gasteiger partial charge in [-0.25, -0.2) is 0 Å². The van der Waals surface area contributed by atoms with Crippen LogP contribution in [-0.4, -0.2) is 31.3 Å². The van der Waals surface area contributed by atoms with Crippen LogP contribution in [0.4, 0.5) is 5.69 Å². The lowest BCUT2D eigenvalue weighted by Gasteiger charge is -2.50. The Morgan fingerprint density at radius 3 is 2.94 bits per heavy atom. The van der Waals surface area contributed by atoms with Crippen LogP contribution in [0.2, 0.25) is 0 Å². The fourth-order valence-corrected chi connectivity index (χ4v) is 3.29. The highest BCUT2D eigenvalue weighted by molar-refractivity contribution is 9.10. The molecule has 1 aromatic rings. The molecule has 1 aromatic carbocycles. The van der Waals surface area contributed by atoms with E-state index in [-0.39, 0.29) is 5.54 Å². The van der Waals surface area contributed by atoms with Crippen molar-refractivity contribution in [1.82, 2.24) is 0 Å². The number of nitrogens with two attached hydrogens (primary N) is 1. The molecule has 0 atom stereocenters. The van der Waals surface area contributed by atoms with E-state index in [2.05, 4.69) is 38.0 Å². The maximum absolute atomic E-state index is 6.05. The minimum absolute atomic E-state index is 0.0333. The van der Waals surface area contributed by atoms with Gasteiger partial charge in [-0.2, -0.15) is 0 Å². The second kappa shape index (κ2) is 4.24. The van der Waals surface area contributed by atoms with Gasteiger partial charge in [-0.05, 0) is 31.0 Å². The van der Waals surface area contributed by atoms with E-state index in [0.717, 1.165) is 29.5 Å². The van der Waals surface area contributed by atoms with Gasteiger partial charge in [-0.3, -0.25) is 4.99 Å². The summed E-state index contributed by atoms with van der Waals surface area (Å²) in [5.41, 5.74) is 7.18. The maximum atomic E-state index is 6.05. The molecule has 0 amide bonds. The van der Waals surface area contributed by atoms with Crippen LogP contribution in [0.25, 0.3) is 0 Å². The van der Waals surface area contributed by atoms with Gasteiger partial charge in [0.25, 0.3) is 0 Å². The molecule has 2 aliphatic rings. The van der Waals surface area contributed by atoms with Crippen LogP contribution < -0.4 is 10.6 Å². The number of rotatable bonds is 2. The minimum atomic E-state index is 0.0333. The number of guanidine groups is 1. The summed E-state index contributed by atoms with van der Waals surface area (Å²) in [7, 11) is 1.76. The molecule has 1 aliphatic carbocycles. The smallest absolute Gasteiger partial charge is 0.196 e. The van der Waals surface area contributed by atoms with E-state index < -0.39 is 0 Å². The molecule has 2 N–H and O–H groups in total. The summed E-state index contributed by atoms with van der Waals surface area (Å²) in [6, 6.07) is 8.18. The SMILES string of the molecule is COC1CC2(CN=C(N)N2c2cccc(Br)c2)C1. The largest absolute Gasteiger partial charge is 0.381 e. The average Bonchev–Trinajstić information content (AvgIpc) is 2.64. The summed E-state index contributed by atoms with van der Waals surface area (Å²) in [6.07, 6.45) is 2.31. The molecule has 0 saturated heterocycles. The zero-order valence-electron chi connectivity index (χ0n) is 10.3. The van der Waals surface area contributed by atoms with E-state index in [4.69, 9.17) is 10.5 Å². The Kier molecular flexibility index (Phi) is 2.83. The molecule has 1 saturated carbocycles. The Balaban J connectivity index is 1.91. The first kappa shape index (κ1) is 12.0. The second-order valence-corrected chi connectivity index (χ2v) is 5.90. The van der Waals surface area contributed by atoms with Gasteiger partial charge in [0.2, 0.25) is 0 Å². The molecule has 1 aliphatic heterocycles. The number of ether oxygens (including phenoxy) is 1. The predicted molar refractivity (Wildman–Crippen MR) is 75.9 cm³/mol. The molecule has 1 fully saturated rings. The van der Waals surface area contributed by atoms with Crippen LogP contribution in [-0.2, 0) is 4.74 Å². The Hall–Kier alpha value is -1.07. The van der Waals surface area contributed by atoms with Crippen molar-refractivity contribution in [2.75, 3.05) is 18.6 Å². The van der Waals surface area contributed by atoms with Crippen molar-refractivity contribution < 1.29 is 4.74 Å². The molecule has 0 unspecified atom stereocenters. The molecule has 18 heavy (non-hydrogen) atoms. The van der Waals surface area contributed by atoms with Crippen molar-refractivity contribution in [2.24, 2.45) is 10.7 Å². The van der Waals surface area contributed by atoms with Crippen LogP contribution in [0.1, 0.15) is 12.8 Å². The number of methoxy groups -OCH3 is 1. The fourth-order valence-electron chi connectivity index (χ4n) is 2.90. The van der Waals surface area contributed by atoms with Crippen molar-refractivity contribution in [2.45, 2.75) is 24.5 Å². The second-order valence-electron chi connectivity index (χ2n) is 4.98. The third-order valence-electron chi connectivity index (χ3n) is 3.85. The quantitative estimate of drug-likeness (QED) is 0.910. The van der Waals surface area contributed by atoms with Crippen molar-refractivity contribution in [3.05, 3.63) is 28.7 Å². The molecular formula is C13H16BrN3O. The summed E-state index contributed by atoms with van der Waals surface area (Å²) in [5, 5.41) is 0. The van der Waals surface area contributed by atoms with Gasteiger partial charge >= 0.3 is 0 Å². The lowest BCUT2D eigenvalue weighted by atomic mass is 9.73. The van der Waals surface area contributed by atoms with Crippen molar-refractivity contribution >= 4 is 27.6 Å². The first-order chi connectivity index (χ1) is 8.64. The molecule has 0 bridgehead atoms. The summed E-state index contributed by atoms with van der Waals surface area (Å²) in [5.74, 6) is 0.614. The highest BCUT2D eigenvalue weighted by atomic mass is 79.9. The zero-order chi connectivity index (χ0) is 12.8. The third kappa shape index (κ3) is 1.73. The Bertz CT molecular complexity index is 497. The van der Waals surface area contributed by atoms with E-state index >= 15 is 0 Å². The van der Waals surface area contributed by atoms with Crippen LogP contribution in [0.5, 0.6) is 0 Å². The standard InChI is InChI=1S/C13H16BrN3O/c1-18-11-6-13(7-11)8-16-12(15)17(13)10-4-2-3-9(14)5-10/h2-5,11H,6-8H2,1H3,(H2,15,16). The normalized spacial score (nSPS) is 30.4. The van der Waals surface area contributed by atoms with Crippen LogP contribution in [0.3, 0.4) is 0 Å². The monoisotopic (exact) mass is 309 g/mol. The number of halogens is 1. The lowest BCUT2D eigenvalue weighted by Crippen LogP contribution is -2.61. The molecule has 0 aromatic heterocycles.